The van der Waals surface area contributed by atoms with Gasteiger partial charge in [-0.05, 0) is 31.5 Å². The lowest BCUT2D eigenvalue weighted by Gasteiger charge is -2.11. The molecule has 114 valence electrons. The van der Waals surface area contributed by atoms with Gasteiger partial charge in [-0.1, -0.05) is 6.07 Å². The first kappa shape index (κ1) is 14.5. The summed E-state index contributed by atoms with van der Waals surface area (Å²) in [5.41, 5.74) is 0.712. The number of hydrogen-bond donors (Lipinski definition) is 2. The third-order valence-corrected chi connectivity index (χ3v) is 3.47. The minimum Gasteiger partial charge on any atom is -0.437 e. The predicted octanol–water partition coefficient (Wildman–Crippen LogP) is 2.35. The molecule has 6 heteroatoms. The Bertz CT molecular complexity index is 627. The summed E-state index contributed by atoms with van der Waals surface area (Å²) in [5, 5.41) is 6.22. The summed E-state index contributed by atoms with van der Waals surface area (Å²) >= 11 is 0. The maximum Gasteiger partial charge on any atom is 0.237 e. The smallest absolute Gasteiger partial charge is 0.237 e. The number of nitrogens with one attached hydrogen (secondary N) is 2. The number of amides is 1. The van der Waals surface area contributed by atoms with Crippen LogP contribution in [0.2, 0.25) is 0 Å². The third-order valence-electron chi connectivity index (χ3n) is 3.47. The van der Waals surface area contributed by atoms with Gasteiger partial charge >= 0.3 is 0 Å². The molecule has 2 aromatic rings. The van der Waals surface area contributed by atoms with E-state index in [1.54, 1.807) is 18.5 Å². The van der Waals surface area contributed by atoms with Crippen LogP contribution >= 0.6 is 0 Å². The summed E-state index contributed by atoms with van der Waals surface area (Å²) in [6.45, 7) is 0.999. The highest BCUT2D eigenvalue weighted by Gasteiger charge is 2.17. The van der Waals surface area contributed by atoms with Crippen molar-refractivity contribution in [3.05, 3.63) is 42.9 Å². The molecule has 1 aromatic heterocycles. The van der Waals surface area contributed by atoms with E-state index < -0.39 is 0 Å². The lowest BCUT2D eigenvalue weighted by molar-refractivity contribution is -0.116. The van der Waals surface area contributed by atoms with E-state index in [-0.39, 0.29) is 5.91 Å². The molecule has 1 aliphatic heterocycles. The van der Waals surface area contributed by atoms with Crippen molar-refractivity contribution >= 4 is 11.6 Å². The first-order chi connectivity index (χ1) is 10.8. The van der Waals surface area contributed by atoms with Gasteiger partial charge in [-0.15, -0.1) is 0 Å². The zero-order valence-corrected chi connectivity index (χ0v) is 12.2. The van der Waals surface area contributed by atoms with E-state index in [9.17, 15) is 4.79 Å². The van der Waals surface area contributed by atoms with Crippen molar-refractivity contribution in [2.24, 2.45) is 0 Å². The van der Waals surface area contributed by atoms with Gasteiger partial charge < -0.3 is 15.4 Å². The van der Waals surface area contributed by atoms with Crippen LogP contribution in [0.25, 0.3) is 0 Å². The Morgan fingerprint density at radius 2 is 2.36 bits per heavy atom. The average Bonchev–Trinajstić information content (AvgIpc) is 3.01. The molecule has 3 rings (SSSR count). The van der Waals surface area contributed by atoms with E-state index in [0.717, 1.165) is 19.4 Å². The Morgan fingerprint density at radius 1 is 1.41 bits per heavy atom. The van der Waals surface area contributed by atoms with Gasteiger partial charge in [0.2, 0.25) is 11.8 Å². The van der Waals surface area contributed by atoms with Crippen LogP contribution in [-0.4, -0.2) is 28.5 Å². The van der Waals surface area contributed by atoms with E-state index in [1.807, 2.05) is 18.2 Å². The van der Waals surface area contributed by atoms with Gasteiger partial charge in [0.1, 0.15) is 5.75 Å². The molecule has 1 atom stereocenters. The zero-order chi connectivity index (χ0) is 15.2. The molecule has 0 spiro atoms. The number of ether oxygens (including phenoxy) is 1. The second-order valence-electron chi connectivity index (χ2n) is 5.22. The number of benzene rings is 1. The molecule has 0 bridgehead atoms. The van der Waals surface area contributed by atoms with Gasteiger partial charge in [-0.2, -0.15) is 0 Å². The topological polar surface area (TPSA) is 76.1 Å². The highest BCUT2D eigenvalue weighted by molar-refractivity contribution is 5.91. The van der Waals surface area contributed by atoms with E-state index in [1.165, 1.54) is 6.20 Å². The number of anilines is 1. The maximum absolute atomic E-state index is 12.0. The van der Waals surface area contributed by atoms with E-state index >= 15 is 0 Å². The molecular formula is C16H18N4O2. The van der Waals surface area contributed by atoms with Gasteiger partial charge in [-0.25, -0.2) is 4.98 Å². The van der Waals surface area contributed by atoms with Crippen molar-refractivity contribution in [2.75, 3.05) is 11.9 Å². The van der Waals surface area contributed by atoms with Crippen LogP contribution < -0.4 is 15.4 Å². The van der Waals surface area contributed by atoms with Crippen LogP contribution in [-0.2, 0) is 4.79 Å². The summed E-state index contributed by atoms with van der Waals surface area (Å²) < 4.78 is 5.60. The first-order valence-corrected chi connectivity index (χ1v) is 7.37. The van der Waals surface area contributed by atoms with Gasteiger partial charge in [0.05, 0.1) is 6.20 Å². The number of carbonyl (C=O) groups excluding carboxylic acids is 1. The van der Waals surface area contributed by atoms with Gasteiger partial charge in [0.25, 0.3) is 0 Å². The summed E-state index contributed by atoms with van der Waals surface area (Å²) in [7, 11) is 0. The Hall–Kier alpha value is -2.47. The summed E-state index contributed by atoms with van der Waals surface area (Å²) in [6.07, 6.45) is 7.38. The molecule has 2 heterocycles. The van der Waals surface area contributed by atoms with Crippen molar-refractivity contribution in [1.82, 2.24) is 15.3 Å². The molecule has 1 aromatic carbocycles. The van der Waals surface area contributed by atoms with Crippen molar-refractivity contribution in [2.45, 2.75) is 25.3 Å². The Morgan fingerprint density at radius 3 is 3.14 bits per heavy atom. The molecule has 1 saturated heterocycles. The molecular weight excluding hydrogens is 280 g/mol. The van der Waals surface area contributed by atoms with Crippen molar-refractivity contribution in [3.63, 3.8) is 0 Å². The molecule has 1 amide bonds. The SMILES string of the molecule is O=C(CC1CCCN1)Nc1cccc(Oc2cnccn2)c1. The summed E-state index contributed by atoms with van der Waals surface area (Å²) in [4.78, 5) is 20.0. The molecule has 6 nitrogen and oxygen atoms in total. The monoisotopic (exact) mass is 298 g/mol. The van der Waals surface area contributed by atoms with Gasteiger partial charge in [0.15, 0.2) is 0 Å². The van der Waals surface area contributed by atoms with Gasteiger partial charge in [-0.3, -0.25) is 9.78 Å². The molecule has 1 fully saturated rings. The number of carbonyl (C=O) groups is 1. The molecule has 2 N–H and O–H groups in total. The lowest BCUT2D eigenvalue weighted by atomic mass is 10.1. The van der Waals surface area contributed by atoms with Crippen molar-refractivity contribution < 1.29 is 9.53 Å². The number of hydrogen-bond acceptors (Lipinski definition) is 5. The van der Waals surface area contributed by atoms with Crippen molar-refractivity contribution in [1.29, 1.82) is 0 Å². The first-order valence-electron chi connectivity index (χ1n) is 7.37. The molecule has 0 saturated carbocycles. The number of aromatic nitrogens is 2. The van der Waals surface area contributed by atoms with Crippen LogP contribution in [0.5, 0.6) is 11.6 Å². The fourth-order valence-electron chi connectivity index (χ4n) is 2.46. The number of rotatable bonds is 5. The largest absolute Gasteiger partial charge is 0.437 e. The second-order valence-corrected chi connectivity index (χ2v) is 5.22. The molecule has 0 aliphatic carbocycles. The predicted molar refractivity (Wildman–Crippen MR) is 82.8 cm³/mol. The fraction of sp³-hybridized carbons (Fsp3) is 0.312. The van der Waals surface area contributed by atoms with Crippen molar-refractivity contribution in [3.8, 4) is 11.6 Å². The summed E-state index contributed by atoms with van der Waals surface area (Å²) in [5.74, 6) is 1.04. The standard InChI is InChI=1S/C16H18N4O2/c21-15(10-12-4-2-6-18-12)20-13-3-1-5-14(9-13)22-16-11-17-7-8-19-16/h1,3,5,7-9,11-12,18H,2,4,6,10H2,(H,20,21). The zero-order valence-electron chi connectivity index (χ0n) is 12.2. The minimum atomic E-state index is 0.0102. The lowest BCUT2D eigenvalue weighted by Crippen LogP contribution is -2.27. The quantitative estimate of drug-likeness (QED) is 0.886. The van der Waals surface area contributed by atoms with E-state index in [0.29, 0.717) is 29.8 Å². The van der Waals surface area contributed by atoms with E-state index in [2.05, 4.69) is 20.6 Å². The highest BCUT2D eigenvalue weighted by atomic mass is 16.5. The van der Waals surface area contributed by atoms with Crippen LogP contribution in [0.4, 0.5) is 5.69 Å². The molecule has 22 heavy (non-hydrogen) atoms. The highest BCUT2D eigenvalue weighted by Crippen LogP contribution is 2.22. The number of nitrogens with zero attached hydrogens (tertiary/aromatic N) is 2. The van der Waals surface area contributed by atoms with Crippen LogP contribution in [0.3, 0.4) is 0 Å². The van der Waals surface area contributed by atoms with Crippen LogP contribution in [0.1, 0.15) is 19.3 Å². The Labute approximate surface area is 128 Å². The normalized spacial score (nSPS) is 17.2. The minimum absolute atomic E-state index is 0.0102. The van der Waals surface area contributed by atoms with Gasteiger partial charge in [0, 0.05) is 36.6 Å². The summed E-state index contributed by atoms with van der Waals surface area (Å²) in [6, 6.07) is 7.54. The van der Waals surface area contributed by atoms with E-state index in [4.69, 9.17) is 4.74 Å². The van der Waals surface area contributed by atoms with Crippen LogP contribution in [0.15, 0.2) is 42.9 Å². The Kier molecular flexibility index (Phi) is 4.60. The maximum atomic E-state index is 12.0. The Balaban J connectivity index is 1.59. The third kappa shape index (κ3) is 4.02. The fourth-order valence-corrected chi connectivity index (χ4v) is 2.46. The molecule has 1 unspecified atom stereocenters. The average molecular weight is 298 g/mol. The second kappa shape index (κ2) is 7.00. The molecule has 0 radical (unpaired) electrons. The van der Waals surface area contributed by atoms with Crippen LogP contribution in [0, 0.1) is 0 Å². The molecule has 1 aliphatic rings.